The molecule has 1 saturated heterocycles. The van der Waals surface area contributed by atoms with Gasteiger partial charge >= 0.3 is 6.03 Å². The number of amides is 3. The molecule has 5 aliphatic rings. The Morgan fingerprint density at radius 1 is 0.824 bits per heavy atom. The summed E-state index contributed by atoms with van der Waals surface area (Å²) in [5.74, 6) is 3.17. The molecule has 5 fully saturated rings. The Morgan fingerprint density at radius 2 is 1.32 bits per heavy atom. The van der Waals surface area contributed by atoms with E-state index in [-0.39, 0.29) is 11.9 Å². The van der Waals surface area contributed by atoms with Crippen LogP contribution < -0.4 is 5.32 Å². The van der Waals surface area contributed by atoms with Crippen LogP contribution in [0.5, 0.6) is 0 Å². The first-order chi connectivity index (χ1) is 16.5. The SMILES string of the molecule is CN(CN1C(=O)NC(Cc2ccccc2)(Cc2ccccc2)C1=O)C1C2CC3CC(C2)CC1C3. The van der Waals surface area contributed by atoms with E-state index in [2.05, 4.69) is 17.3 Å². The minimum Gasteiger partial charge on any atom is -0.322 e. The zero-order chi connectivity index (χ0) is 23.3. The number of rotatable bonds is 7. The minimum atomic E-state index is -0.954. The van der Waals surface area contributed by atoms with E-state index in [0.717, 1.165) is 34.8 Å². The third-order valence-corrected chi connectivity index (χ3v) is 8.99. The van der Waals surface area contributed by atoms with Crippen LogP contribution in [0.25, 0.3) is 0 Å². The maximum absolute atomic E-state index is 14.0. The summed E-state index contributed by atoms with van der Waals surface area (Å²) < 4.78 is 0. The van der Waals surface area contributed by atoms with Crippen LogP contribution in [0, 0.1) is 23.7 Å². The normalized spacial score (nSPS) is 31.4. The second kappa shape index (κ2) is 8.53. The molecule has 178 valence electrons. The molecule has 1 aliphatic heterocycles. The van der Waals surface area contributed by atoms with Gasteiger partial charge in [0, 0.05) is 18.9 Å². The summed E-state index contributed by atoms with van der Waals surface area (Å²) in [6.07, 6.45) is 7.72. The first-order valence-corrected chi connectivity index (χ1v) is 12.9. The van der Waals surface area contributed by atoms with Gasteiger partial charge in [-0.15, -0.1) is 0 Å². The number of nitrogens with zero attached hydrogens (tertiary/aromatic N) is 2. The van der Waals surface area contributed by atoms with Crippen LogP contribution in [-0.4, -0.2) is 47.0 Å². The Kier molecular flexibility index (Phi) is 5.48. The molecule has 1 heterocycles. The van der Waals surface area contributed by atoms with Gasteiger partial charge in [-0.3, -0.25) is 9.69 Å². The van der Waals surface area contributed by atoms with Gasteiger partial charge in [0.25, 0.3) is 5.91 Å². The van der Waals surface area contributed by atoms with E-state index in [1.165, 1.54) is 37.0 Å². The second-order valence-electron chi connectivity index (χ2n) is 11.4. The fourth-order valence-electron chi connectivity index (χ4n) is 7.93. The fraction of sp³-hybridized carbons (Fsp3) is 0.517. The molecule has 0 radical (unpaired) electrons. The molecule has 7 rings (SSSR count). The van der Waals surface area contributed by atoms with Crippen LogP contribution >= 0.6 is 0 Å². The summed E-state index contributed by atoms with van der Waals surface area (Å²) in [5, 5.41) is 3.15. The van der Waals surface area contributed by atoms with E-state index in [4.69, 9.17) is 0 Å². The highest BCUT2D eigenvalue weighted by molar-refractivity contribution is 6.07. The molecule has 5 heteroatoms. The lowest BCUT2D eigenvalue weighted by molar-refractivity contribution is -0.134. The quantitative estimate of drug-likeness (QED) is 0.624. The van der Waals surface area contributed by atoms with Gasteiger partial charge in [0.15, 0.2) is 0 Å². The summed E-state index contributed by atoms with van der Waals surface area (Å²) in [4.78, 5) is 31.1. The van der Waals surface area contributed by atoms with Gasteiger partial charge in [-0.2, -0.15) is 0 Å². The first kappa shape index (κ1) is 21.8. The second-order valence-corrected chi connectivity index (χ2v) is 11.4. The topological polar surface area (TPSA) is 52.6 Å². The molecule has 1 N–H and O–H groups in total. The molecule has 2 aromatic rings. The van der Waals surface area contributed by atoms with Crippen molar-refractivity contribution in [1.29, 1.82) is 0 Å². The van der Waals surface area contributed by atoms with Gasteiger partial charge < -0.3 is 5.32 Å². The van der Waals surface area contributed by atoms with Crippen molar-refractivity contribution in [1.82, 2.24) is 15.1 Å². The van der Waals surface area contributed by atoms with E-state index < -0.39 is 5.54 Å². The number of hydrogen-bond acceptors (Lipinski definition) is 3. The standard InChI is InChI=1S/C29H35N3O2/c1-31(26-24-13-22-12-23(15-24)16-25(26)14-22)19-32-27(33)29(30-28(32)34,17-20-8-4-2-5-9-20)18-21-10-6-3-7-11-21/h2-11,22-26H,12-19H2,1H3,(H,30,34). The van der Waals surface area contributed by atoms with Crippen LogP contribution in [0.4, 0.5) is 4.79 Å². The Bertz CT molecular complexity index is 984. The predicted octanol–water partition coefficient (Wildman–Crippen LogP) is 4.48. The van der Waals surface area contributed by atoms with E-state index in [0.29, 0.717) is 25.6 Å². The Balaban J connectivity index is 1.24. The number of imide groups is 1. The van der Waals surface area contributed by atoms with Crippen LogP contribution in [0.3, 0.4) is 0 Å². The summed E-state index contributed by atoms with van der Waals surface area (Å²) in [6.45, 7) is 0.378. The minimum absolute atomic E-state index is 0.0964. The van der Waals surface area contributed by atoms with Gasteiger partial charge in [0.2, 0.25) is 0 Å². The first-order valence-electron chi connectivity index (χ1n) is 12.9. The van der Waals surface area contributed by atoms with Crippen LogP contribution in [0.1, 0.15) is 43.2 Å². The van der Waals surface area contributed by atoms with Gasteiger partial charge in [0.05, 0.1) is 6.67 Å². The summed E-state index contributed by atoms with van der Waals surface area (Å²) in [6, 6.07) is 20.3. The zero-order valence-electron chi connectivity index (χ0n) is 20.0. The summed E-state index contributed by atoms with van der Waals surface area (Å²) >= 11 is 0. The smallest absolute Gasteiger partial charge is 0.322 e. The van der Waals surface area contributed by atoms with Gasteiger partial charge in [-0.25, -0.2) is 9.69 Å². The molecule has 4 bridgehead atoms. The number of nitrogens with one attached hydrogen (secondary N) is 1. The van der Waals surface area contributed by atoms with Crippen molar-refractivity contribution in [2.24, 2.45) is 23.7 Å². The number of hydrogen-bond donors (Lipinski definition) is 1. The van der Waals surface area contributed by atoms with Crippen molar-refractivity contribution < 1.29 is 9.59 Å². The molecule has 0 atom stereocenters. The zero-order valence-corrected chi connectivity index (χ0v) is 20.0. The predicted molar refractivity (Wildman–Crippen MR) is 132 cm³/mol. The molecule has 2 aromatic carbocycles. The Labute approximate surface area is 202 Å². The lowest BCUT2D eigenvalue weighted by Gasteiger charge is -2.56. The van der Waals surface area contributed by atoms with Crippen LogP contribution in [0.15, 0.2) is 60.7 Å². The highest BCUT2D eigenvalue weighted by Gasteiger charge is 2.53. The number of benzene rings is 2. The Morgan fingerprint density at radius 3 is 1.82 bits per heavy atom. The number of carbonyl (C=O) groups excluding carboxylic acids is 2. The largest absolute Gasteiger partial charge is 0.326 e. The van der Waals surface area contributed by atoms with Gasteiger partial charge in [-0.05, 0) is 74.0 Å². The molecular weight excluding hydrogens is 422 g/mol. The van der Waals surface area contributed by atoms with Crippen molar-refractivity contribution in [3.8, 4) is 0 Å². The molecule has 4 aliphatic carbocycles. The Hall–Kier alpha value is -2.66. The van der Waals surface area contributed by atoms with Gasteiger partial charge in [0.1, 0.15) is 5.54 Å². The maximum atomic E-state index is 14.0. The van der Waals surface area contributed by atoms with Crippen molar-refractivity contribution in [3.05, 3.63) is 71.8 Å². The lowest BCUT2D eigenvalue weighted by atomic mass is 9.54. The number of urea groups is 1. The molecule has 4 saturated carbocycles. The number of carbonyl (C=O) groups is 2. The average molecular weight is 458 g/mol. The van der Waals surface area contributed by atoms with Crippen molar-refractivity contribution in [3.63, 3.8) is 0 Å². The van der Waals surface area contributed by atoms with Crippen molar-refractivity contribution in [2.75, 3.05) is 13.7 Å². The summed E-state index contributed by atoms with van der Waals surface area (Å²) in [5.41, 5.74) is 1.16. The third kappa shape index (κ3) is 3.84. The molecule has 5 nitrogen and oxygen atoms in total. The lowest BCUT2D eigenvalue weighted by Crippen LogP contribution is -2.57. The maximum Gasteiger partial charge on any atom is 0.326 e. The van der Waals surface area contributed by atoms with Crippen LogP contribution in [0.2, 0.25) is 0 Å². The van der Waals surface area contributed by atoms with E-state index in [9.17, 15) is 9.59 Å². The summed E-state index contributed by atoms with van der Waals surface area (Å²) in [7, 11) is 2.13. The highest BCUT2D eigenvalue weighted by Crippen LogP contribution is 2.55. The fourth-order valence-corrected chi connectivity index (χ4v) is 7.93. The van der Waals surface area contributed by atoms with E-state index in [1.54, 1.807) is 0 Å². The molecule has 0 spiro atoms. The molecule has 3 amide bonds. The molecule has 0 unspecified atom stereocenters. The van der Waals surface area contributed by atoms with Crippen molar-refractivity contribution >= 4 is 11.9 Å². The molecular formula is C29H35N3O2. The highest BCUT2D eigenvalue weighted by atomic mass is 16.2. The van der Waals surface area contributed by atoms with Crippen molar-refractivity contribution in [2.45, 2.75) is 56.5 Å². The van der Waals surface area contributed by atoms with E-state index in [1.807, 2.05) is 60.7 Å². The molecule has 0 aromatic heterocycles. The van der Waals surface area contributed by atoms with E-state index >= 15 is 0 Å². The molecule has 34 heavy (non-hydrogen) atoms. The third-order valence-electron chi connectivity index (χ3n) is 8.99. The van der Waals surface area contributed by atoms with Gasteiger partial charge in [-0.1, -0.05) is 60.7 Å². The van der Waals surface area contributed by atoms with Crippen LogP contribution in [-0.2, 0) is 17.6 Å². The monoisotopic (exact) mass is 457 g/mol. The average Bonchev–Trinajstić information content (AvgIpc) is 3.03.